The first-order valence-corrected chi connectivity index (χ1v) is 12.8. The number of aryl methyl sites for hydroxylation is 1. The number of hydrogen-bond acceptors (Lipinski definition) is 2. The van der Waals surface area contributed by atoms with Crippen LogP contribution in [0, 0.1) is 0 Å². The summed E-state index contributed by atoms with van der Waals surface area (Å²) in [6, 6.07) is 30.5. The van der Waals surface area contributed by atoms with Gasteiger partial charge in [0.2, 0.25) is 0 Å². The van der Waals surface area contributed by atoms with Crippen molar-refractivity contribution in [1.29, 1.82) is 0 Å². The molecule has 0 bridgehead atoms. The highest BCUT2D eigenvalue weighted by molar-refractivity contribution is 6.35. The number of carboxylic acids is 1. The zero-order valence-corrected chi connectivity index (χ0v) is 21.8. The third-order valence-electron chi connectivity index (χ3n) is 6.18. The van der Waals surface area contributed by atoms with E-state index in [1.165, 1.54) is 5.56 Å². The summed E-state index contributed by atoms with van der Waals surface area (Å²) < 4.78 is 0. The van der Waals surface area contributed by atoms with Crippen molar-refractivity contribution in [3.8, 4) is 11.1 Å². The van der Waals surface area contributed by atoms with Crippen molar-refractivity contribution in [2.45, 2.75) is 25.8 Å². The third kappa shape index (κ3) is 7.22. The topological polar surface area (TPSA) is 57.6 Å². The molecule has 4 nitrogen and oxygen atoms in total. The second-order valence-electron chi connectivity index (χ2n) is 8.86. The highest BCUT2D eigenvalue weighted by atomic mass is 35.5. The number of carboxylic acid groups (broad SMARTS) is 1. The largest absolute Gasteiger partial charge is 0.481 e. The molecule has 6 heteroatoms. The fourth-order valence-corrected chi connectivity index (χ4v) is 4.70. The first-order chi connectivity index (χ1) is 17.9. The molecule has 0 unspecified atom stereocenters. The SMILES string of the molecule is O=C(O)Cc1ccccc1-c1ccc(CN(CCCc2ccccc2)C(=O)c2cc(Cl)ccc2Cl)cc1. The summed E-state index contributed by atoms with van der Waals surface area (Å²) in [4.78, 5) is 26.6. The van der Waals surface area contributed by atoms with Crippen LogP contribution in [-0.4, -0.2) is 28.4 Å². The maximum absolute atomic E-state index is 13.5. The molecule has 188 valence electrons. The molecule has 0 aliphatic carbocycles. The summed E-state index contributed by atoms with van der Waals surface area (Å²) in [5.41, 5.74) is 5.15. The molecule has 0 atom stereocenters. The van der Waals surface area contributed by atoms with Crippen molar-refractivity contribution in [3.05, 3.63) is 129 Å². The van der Waals surface area contributed by atoms with Gasteiger partial charge < -0.3 is 10.0 Å². The molecule has 1 amide bonds. The van der Waals surface area contributed by atoms with Gasteiger partial charge in [-0.3, -0.25) is 9.59 Å². The monoisotopic (exact) mass is 531 g/mol. The smallest absolute Gasteiger partial charge is 0.307 e. The average Bonchev–Trinajstić information content (AvgIpc) is 2.90. The van der Waals surface area contributed by atoms with Crippen LogP contribution < -0.4 is 0 Å². The van der Waals surface area contributed by atoms with Crippen LogP contribution in [0.2, 0.25) is 10.0 Å². The maximum atomic E-state index is 13.5. The second kappa shape index (κ2) is 12.6. The summed E-state index contributed by atoms with van der Waals surface area (Å²) in [6.07, 6.45) is 1.61. The standard InChI is InChI=1S/C31H27Cl2NO3/c32-26-16-17-29(33)28(20-26)31(37)34(18-6-9-22-7-2-1-3-8-22)21-23-12-14-24(15-13-23)27-11-5-4-10-25(27)19-30(35)36/h1-5,7-8,10-17,20H,6,9,18-19,21H2,(H,35,36). The minimum absolute atomic E-state index is 0.0397. The number of amides is 1. The molecule has 4 aromatic carbocycles. The van der Waals surface area contributed by atoms with Crippen LogP contribution in [0.3, 0.4) is 0 Å². The van der Waals surface area contributed by atoms with E-state index >= 15 is 0 Å². The highest BCUT2D eigenvalue weighted by Gasteiger charge is 2.19. The van der Waals surface area contributed by atoms with Gasteiger partial charge in [0.25, 0.3) is 5.91 Å². The van der Waals surface area contributed by atoms with Crippen LogP contribution in [0.15, 0.2) is 97.1 Å². The number of carbonyl (C=O) groups is 2. The van der Waals surface area contributed by atoms with E-state index in [4.69, 9.17) is 23.2 Å². The van der Waals surface area contributed by atoms with Gasteiger partial charge in [0, 0.05) is 18.1 Å². The van der Waals surface area contributed by atoms with E-state index in [2.05, 4.69) is 12.1 Å². The molecule has 0 spiro atoms. The quantitative estimate of drug-likeness (QED) is 0.229. The molecule has 4 rings (SSSR count). The van der Waals surface area contributed by atoms with Crippen molar-refractivity contribution in [2.24, 2.45) is 0 Å². The first-order valence-electron chi connectivity index (χ1n) is 12.1. The Bertz CT molecular complexity index is 1370. The summed E-state index contributed by atoms with van der Waals surface area (Å²) >= 11 is 12.5. The second-order valence-corrected chi connectivity index (χ2v) is 9.71. The molecule has 0 saturated heterocycles. The van der Waals surface area contributed by atoms with E-state index in [1.54, 1.807) is 23.1 Å². The Morgan fingerprint density at radius 3 is 2.22 bits per heavy atom. The van der Waals surface area contributed by atoms with Crippen LogP contribution in [0.1, 0.15) is 33.5 Å². The number of aliphatic carboxylic acids is 1. The Balaban J connectivity index is 1.54. The average molecular weight is 532 g/mol. The van der Waals surface area contributed by atoms with Gasteiger partial charge in [-0.25, -0.2) is 0 Å². The van der Waals surface area contributed by atoms with Gasteiger partial charge in [-0.2, -0.15) is 0 Å². The first kappa shape index (κ1) is 26.5. The minimum atomic E-state index is -0.867. The zero-order valence-electron chi connectivity index (χ0n) is 20.2. The fourth-order valence-electron chi connectivity index (χ4n) is 4.33. The Morgan fingerprint density at radius 1 is 0.784 bits per heavy atom. The van der Waals surface area contributed by atoms with Crippen molar-refractivity contribution in [3.63, 3.8) is 0 Å². The van der Waals surface area contributed by atoms with Gasteiger partial charge in [0.05, 0.1) is 17.0 Å². The lowest BCUT2D eigenvalue weighted by Crippen LogP contribution is -2.32. The van der Waals surface area contributed by atoms with Crippen molar-refractivity contribution >= 4 is 35.1 Å². The molecule has 0 fully saturated rings. The summed E-state index contributed by atoms with van der Waals surface area (Å²) in [5, 5.41) is 10.1. The molecule has 0 heterocycles. The third-order valence-corrected chi connectivity index (χ3v) is 6.74. The molecule has 0 aromatic heterocycles. The number of nitrogens with zero attached hydrogens (tertiary/aromatic N) is 1. The van der Waals surface area contributed by atoms with Crippen molar-refractivity contribution in [2.75, 3.05) is 6.54 Å². The van der Waals surface area contributed by atoms with Gasteiger partial charge in [0.1, 0.15) is 0 Å². The number of rotatable bonds is 10. The van der Waals surface area contributed by atoms with Gasteiger partial charge in [-0.05, 0) is 58.9 Å². The van der Waals surface area contributed by atoms with E-state index in [9.17, 15) is 14.7 Å². The van der Waals surface area contributed by atoms with Gasteiger partial charge in [0.15, 0.2) is 0 Å². The Kier molecular flexibility index (Phi) is 8.99. The van der Waals surface area contributed by atoms with E-state index in [1.807, 2.05) is 66.7 Å². The Labute approximate surface area is 227 Å². The van der Waals surface area contributed by atoms with Crippen LogP contribution >= 0.6 is 23.2 Å². The van der Waals surface area contributed by atoms with Gasteiger partial charge >= 0.3 is 5.97 Å². The molecule has 37 heavy (non-hydrogen) atoms. The molecular weight excluding hydrogens is 505 g/mol. The normalized spacial score (nSPS) is 10.8. The summed E-state index contributed by atoms with van der Waals surface area (Å²) in [6.45, 7) is 0.966. The number of carbonyl (C=O) groups excluding carboxylic acids is 1. The van der Waals surface area contributed by atoms with Gasteiger partial charge in [-0.15, -0.1) is 0 Å². The minimum Gasteiger partial charge on any atom is -0.481 e. The van der Waals surface area contributed by atoms with Crippen LogP contribution in [-0.2, 0) is 24.2 Å². The van der Waals surface area contributed by atoms with Crippen LogP contribution in [0.5, 0.6) is 0 Å². The van der Waals surface area contributed by atoms with E-state index in [0.717, 1.165) is 35.1 Å². The molecule has 0 aliphatic rings. The maximum Gasteiger partial charge on any atom is 0.307 e. The molecule has 0 saturated carbocycles. The number of benzene rings is 4. The Morgan fingerprint density at radius 2 is 1.49 bits per heavy atom. The lowest BCUT2D eigenvalue weighted by Gasteiger charge is -2.24. The molecule has 4 aromatic rings. The van der Waals surface area contributed by atoms with E-state index < -0.39 is 5.97 Å². The lowest BCUT2D eigenvalue weighted by atomic mass is 9.97. The van der Waals surface area contributed by atoms with Crippen LogP contribution in [0.4, 0.5) is 0 Å². The lowest BCUT2D eigenvalue weighted by molar-refractivity contribution is -0.136. The van der Waals surface area contributed by atoms with E-state index in [0.29, 0.717) is 28.7 Å². The van der Waals surface area contributed by atoms with Crippen molar-refractivity contribution < 1.29 is 14.7 Å². The summed E-state index contributed by atoms with van der Waals surface area (Å²) in [7, 11) is 0. The molecule has 1 N–H and O–H groups in total. The summed E-state index contributed by atoms with van der Waals surface area (Å²) in [5.74, 6) is -1.04. The highest BCUT2D eigenvalue weighted by Crippen LogP contribution is 2.26. The van der Waals surface area contributed by atoms with E-state index in [-0.39, 0.29) is 12.3 Å². The predicted octanol–water partition coefficient (Wildman–Crippen LogP) is 7.56. The number of hydrogen-bond donors (Lipinski definition) is 1. The molecular formula is C31H27Cl2NO3. The zero-order chi connectivity index (χ0) is 26.2. The Hall–Kier alpha value is -3.60. The number of halogens is 2. The van der Waals surface area contributed by atoms with Gasteiger partial charge in [-0.1, -0.05) is 102 Å². The van der Waals surface area contributed by atoms with Crippen molar-refractivity contribution in [1.82, 2.24) is 4.90 Å². The van der Waals surface area contributed by atoms with Crippen LogP contribution in [0.25, 0.3) is 11.1 Å². The predicted molar refractivity (Wildman–Crippen MR) is 149 cm³/mol. The fraction of sp³-hybridized carbons (Fsp3) is 0.161. The molecule has 0 aliphatic heterocycles. The molecule has 0 radical (unpaired) electrons.